The van der Waals surface area contributed by atoms with Crippen LogP contribution in [0.5, 0.6) is 0 Å². The molecule has 1 N–H and O–H groups in total. The Balaban J connectivity index is 1.75. The molecule has 0 aliphatic carbocycles. The van der Waals surface area contributed by atoms with Crippen LogP contribution in [0.4, 0.5) is 0 Å². The van der Waals surface area contributed by atoms with Gasteiger partial charge in [0.25, 0.3) is 0 Å². The van der Waals surface area contributed by atoms with Gasteiger partial charge in [-0.25, -0.2) is 4.98 Å². The van der Waals surface area contributed by atoms with E-state index in [1.807, 2.05) is 17.8 Å². The number of aromatic amines is 1. The van der Waals surface area contributed by atoms with E-state index in [2.05, 4.69) is 20.1 Å². The summed E-state index contributed by atoms with van der Waals surface area (Å²) in [7, 11) is 1.91. The Kier molecular flexibility index (Phi) is 3.74. The zero-order chi connectivity index (χ0) is 13.2. The number of aromatic nitrogens is 4. The second-order valence-electron chi connectivity index (χ2n) is 4.42. The first kappa shape index (κ1) is 12.9. The highest BCUT2D eigenvalue weighted by molar-refractivity contribution is 7.71. The molecule has 102 valence electrons. The lowest BCUT2D eigenvalue weighted by Crippen LogP contribution is -2.35. The Morgan fingerprint density at radius 1 is 1.47 bits per heavy atom. The largest absolute Gasteiger partial charge is 0.379 e. The third-order valence-corrected chi connectivity index (χ3v) is 4.46. The second kappa shape index (κ2) is 5.49. The minimum atomic E-state index is 0.623. The maximum Gasteiger partial charge on any atom is 0.195 e. The van der Waals surface area contributed by atoms with E-state index < -0.39 is 0 Å². The van der Waals surface area contributed by atoms with Crippen LogP contribution in [0, 0.1) is 4.77 Å². The van der Waals surface area contributed by atoms with Crippen molar-refractivity contribution >= 4 is 23.6 Å². The molecule has 0 spiro atoms. The molecular weight excluding hydrogens is 282 g/mol. The highest BCUT2D eigenvalue weighted by Gasteiger charge is 2.14. The van der Waals surface area contributed by atoms with Crippen molar-refractivity contribution in [3.8, 4) is 10.7 Å². The number of ether oxygens (including phenoxy) is 1. The molecule has 2 aromatic heterocycles. The van der Waals surface area contributed by atoms with E-state index in [1.165, 1.54) is 0 Å². The molecule has 1 fully saturated rings. The van der Waals surface area contributed by atoms with Gasteiger partial charge in [-0.3, -0.25) is 10.00 Å². The van der Waals surface area contributed by atoms with Gasteiger partial charge in [0, 0.05) is 26.3 Å². The number of rotatable bonds is 3. The summed E-state index contributed by atoms with van der Waals surface area (Å²) in [4.78, 5) is 7.87. The van der Waals surface area contributed by atoms with Crippen LogP contribution in [0.15, 0.2) is 6.20 Å². The Morgan fingerprint density at radius 3 is 2.95 bits per heavy atom. The van der Waals surface area contributed by atoms with E-state index in [0.29, 0.717) is 4.77 Å². The number of thiazole rings is 1. The Labute approximate surface area is 120 Å². The summed E-state index contributed by atoms with van der Waals surface area (Å²) in [5.41, 5.74) is 0. The third-order valence-electron chi connectivity index (χ3n) is 3.12. The molecule has 19 heavy (non-hydrogen) atoms. The number of hydrogen-bond acceptors (Lipinski definition) is 6. The van der Waals surface area contributed by atoms with Gasteiger partial charge in [0.05, 0.1) is 24.6 Å². The predicted octanol–water partition coefficient (Wildman–Crippen LogP) is 1.43. The smallest absolute Gasteiger partial charge is 0.195 e. The SMILES string of the molecule is Cn1c(-c2cnc(CN3CCOCC3)s2)n[nH]c1=S. The van der Waals surface area contributed by atoms with Gasteiger partial charge in [0.15, 0.2) is 10.6 Å². The van der Waals surface area contributed by atoms with Crippen LogP contribution in [-0.2, 0) is 18.3 Å². The fraction of sp³-hybridized carbons (Fsp3) is 0.545. The van der Waals surface area contributed by atoms with Crippen molar-refractivity contribution < 1.29 is 4.74 Å². The molecule has 3 heterocycles. The van der Waals surface area contributed by atoms with E-state index in [0.717, 1.165) is 48.6 Å². The molecule has 8 heteroatoms. The Bertz CT molecular complexity index is 611. The monoisotopic (exact) mass is 297 g/mol. The number of H-pyrrole nitrogens is 1. The van der Waals surface area contributed by atoms with Gasteiger partial charge >= 0.3 is 0 Å². The van der Waals surface area contributed by atoms with Gasteiger partial charge in [-0.05, 0) is 12.2 Å². The normalized spacial score (nSPS) is 16.9. The van der Waals surface area contributed by atoms with Gasteiger partial charge in [0.2, 0.25) is 0 Å². The van der Waals surface area contributed by atoms with Gasteiger partial charge in [-0.2, -0.15) is 5.10 Å². The minimum absolute atomic E-state index is 0.623. The number of nitrogens with one attached hydrogen (secondary N) is 1. The molecule has 0 atom stereocenters. The van der Waals surface area contributed by atoms with Crippen molar-refractivity contribution in [2.24, 2.45) is 7.05 Å². The summed E-state index contributed by atoms with van der Waals surface area (Å²) in [6.07, 6.45) is 1.87. The van der Waals surface area contributed by atoms with Crippen molar-refractivity contribution in [1.29, 1.82) is 0 Å². The minimum Gasteiger partial charge on any atom is -0.379 e. The zero-order valence-electron chi connectivity index (χ0n) is 10.6. The lowest BCUT2D eigenvalue weighted by molar-refractivity contribution is 0.0341. The van der Waals surface area contributed by atoms with Gasteiger partial charge in [-0.15, -0.1) is 11.3 Å². The first-order valence-corrected chi connectivity index (χ1v) is 7.33. The molecule has 2 aromatic rings. The fourth-order valence-electron chi connectivity index (χ4n) is 2.00. The molecule has 1 saturated heterocycles. The second-order valence-corrected chi connectivity index (χ2v) is 5.92. The molecular formula is C11H15N5OS2. The lowest BCUT2D eigenvalue weighted by Gasteiger charge is -2.25. The molecule has 0 radical (unpaired) electrons. The summed E-state index contributed by atoms with van der Waals surface area (Å²) in [6.45, 7) is 4.45. The summed E-state index contributed by atoms with van der Waals surface area (Å²) in [5, 5.41) is 8.12. The molecule has 0 aromatic carbocycles. The third kappa shape index (κ3) is 2.76. The molecule has 0 saturated carbocycles. The average Bonchev–Trinajstić information content (AvgIpc) is 3.00. The average molecular weight is 297 g/mol. The van der Waals surface area contributed by atoms with Crippen LogP contribution < -0.4 is 0 Å². The first-order chi connectivity index (χ1) is 9.24. The molecule has 0 unspecified atom stereocenters. The highest BCUT2D eigenvalue weighted by Crippen LogP contribution is 2.24. The van der Waals surface area contributed by atoms with Crippen molar-refractivity contribution in [3.05, 3.63) is 16.0 Å². The summed E-state index contributed by atoms with van der Waals surface area (Å²) >= 11 is 6.78. The van der Waals surface area contributed by atoms with E-state index in [-0.39, 0.29) is 0 Å². The van der Waals surface area contributed by atoms with E-state index >= 15 is 0 Å². The van der Waals surface area contributed by atoms with Crippen LogP contribution in [0.25, 0.3) is 10.7 Å². The standard InChI is InChI=1S/C11H15N5OS2/c1-15-10(13-14-11(15)18)8-6-12-9(19-8)7-16-2-4-17-5-3-16/h6H,2-5,7H2,1H3,(H,14,18). The number of hydrogen-bond donors (Lipinski definition) is 1. The van der Waals surface area contributed by atoms with Crippen LogP contribution in [-0.4, -0.2) is 51.0 Å². The first-order valence-electron chi connectivity index (χ1n) is 6.10. The molecule has 3 rings (SSSR count). The highest BCUT2D eigenvalue weighted by atomic mass is 32.1. The summed E-state index contributed by atoms with van der Waals surface area (Å²) < 4.78 is 7.83. The molecule has 0 bridgehead atoms. The summed E-state index contributed by atoms with van der Waals surface area (Å²) in [6, 6.07) is 0. The zero-order valence-corrected chi connectivity index (χ0v) is 12.3. The van der Waals surface area contributed by atoms with Crippen LogP contribution in [0.3, 0.4) is 0 Å². The van der Waals surface area contributed by atoms with Crippen molar-refractivity contribution in [2.45, 2.75) is 6.54 Å². The van der Waals surface area contributed by atoms with Crippen LogP contribution >= 0.6 is 23.6 Å². The van der Waals surface area contributed by atoms with Crippen LogP contribution in [0.1, 0.15) is 5.01 Å². The Hall–Kier alpha value is -1.09. The maximum absolute atomic E-state index is 5.34. The molecule has 1 aliphatic heterocycles. The summed E-state index contributed by atoms with van der Waals surface area (Å²) in [5.74, 6) is 0.843. The Morgan fingerprint density at radius 2 is 2.26 bits per heavy atom. The lowest BCUT2D eigenvalue weighted by atomic mass is 10.4. The van der Waals surface area contributed by atoms with E-state index in [1.54, 1.807) is 11.3 Å². The number of nitrogens with zero attached hydrogens (tertiary/aromatic N) is 4. The number of morpholine rings is 1. The quantitative estimate of drug-likeness (QED) is 0.869. The fourth-order valence-corrected chi connectivity index (χ4v) is 3.12. The van der Waals surface area contributed by atoms with Crippen molar-refractivity contribution in [1.82, 2.24) is 24.6 Å². The van der Waals surface area contributed by atoms with Crippen molar-refractivity contribution in [2.75, 3.05) is 26.3 Å². The maximum atomic E-state index is 5.34. The van der Waals surface area contributed by atoms with E-state index in [4.69, 9.17) is 17.0 Å². The molecule has 6 nitrogen and oxygen atoms in total. The van der Waals surface area contributed by atoms with Gasteiger partial charge in [-0.1, -0.05) is 0 Å². The van der Waals surface area contributed by atoms with E-state index in [9.17, 15) is 0 Å². The van der Waals surface area contributed by atoms with Crippen molar-refractivity contribution in [3.63, 3.8) is 0 Å². The topological polar surface area (TPSA) is 59.0 Å². The predicted molar refractivity (Wildman–Crippen MR) is 75.6 cm³/mol. The molecule has 0 amide bonds. The van der Waals surface area contributed by atoms with Crippen LogP contribution in [0.2, 0.25) is 0 Å². The van der Waals surface area contributed by atoms with Gasteiger partial charge in [0.1, 0.15) is 5.01 Å². The molecule has 1 aliphatic rings. The van der Waals surface area contributed by atoms with Gasteiger partial charge < -0.3 is 9.30 Å².